The van der Waals surface area contributed by atoms with Gasteiger partial charge >= 0.3 is 0 Å². The minimum Gasteiger partial charge on any atom is -0.370 e. The van der Waals surface area contributed by atoms with Gasteiger partial charge in [-0.2, -0.15) is 0 Å². The van der Waals surface area contributed by atoms with Gasteiger partial charge in [-0.25, -0.2) is 0 Å². The molecule has 1 rings (SSSR count). The van der Waals surface area contributed by atoms with Crippen LogP contribution in [0.3, 0.4) is 0 Å². The Morgan fingerprint density at radius 2 is 1.92 bits per heavy atom. The Morgan fingerprint density at radius 3 is 2.38 bits per heavy atom. The van der Waals surface area contributed by atoms with Gasteiger partial charge in [0, 0.05) is 13.1 Å². The van der Waals surface area contributed by atoms with E-state index in [1.54, 1.807) is 7.05 Å². The van der Waals surface area contributed by atoms with Gasteiger partial charge in [0.05, 0.1) is 0 Å². The van der Waals surface area contributed by atoms with Crippen LogP contribution in [-0.2, 0) is 0 Å². The van der Waals surface area contributed by atoms with E-state index in [1.165, 1.54) is 25.7 Å². The van der Waals surface area contributed by atoms with E-state index in [2.05, 4.69) is 24.2 Å². The quantitative estimate of drug-likeness (QED) is 0.478. The standard InChI is InChI=1S/C10H21N3/c1-10(2)6-4-8(5-7-10)13-9(11)12-3/h8H,4-7H2,1-3H3,(H3,11,12,13). The molecular formula is C10H21N3. The summed E-state index contributed by atoms with van der Waals surface area (Å²) in [6.07, 6.45) is 4.98. The largest absolute Gasteiger partial charge is 0.370 e. The molecule has 76 valence electrons. The van der Waals surface area contributed by atoms with Crippen LogP contribution < -0.4 is 11.1 Å². The molecule has 3 nitrogen and oxygen atoms in total. The van der Waals surface area contributed by atoms with E-state index in [-0.39, 0.29) is 0 Å². The summed E-state index contributed by atoms with van der Waals surface area (Å²) in [5.74, 6) is 0.574. The predicted octanol–water partition coefficient (Wildman–Crippen LogP) is 1.49. The van der Waals surface area contributed by atoms with Crippen LogP contribution in [0.5, 0.6) is 0 Å². The predicted molar refractivity (Wildman–Crippen MR) is 56.7 cm³/mol. The summed E-state index contributed by atoms with van der Waals surface area (Å²) in [6.45, 7) is 4.67. The summed E-state index contributed by atoms with van der Waals surface area (Å²) >= 11 is 0. The van der Waals surface area contributed by atoms with Crippen LogP contribution in [0, 0.1) is 5.41 Å². The van der Waals surface area contributed by atoms with Gasteiger partial charge < -0.3 is 11.1 Å². The number of hydrogen-bond donors (Lipinski definition) is 2. The molecule has 0 heterocycles. The Morgan fingerprint density at radius 1 is 1.38 bits per heavy atom. The van der Waals surface area contributed by atoms with Crippen molar-refractivity contribution in [2.24, 2.45) is 16.1 Å². The van der Waals surface area contributed by atoms with Crippen molar-refractivity contribution in [1.29, 1.82) is 0 Å². The van der Waals surface area contributed by atoms with E-state index in [0.29, 0.717) is 17.4 Å². The van der Waals surface area contributed by atoms with Crippen molar-refractivity contribution in [2.45, 2.75) is 45.6 Å². The normalized spacial score (nSPS) is 24.4. The number of nitrogens with one attached hydrogen (secondary N) is 1. The molecule has 1 fully saturated rings. The maximum absolute atomic E-state index is 5.61. The lowest BCUT2D eigenvalue weighted by molar-refractivity contribution is 0.217. The van der Waals surface area contributed by atoms with Gasteiger partial charge in [-0.3, -0.25) is 4.99 Å². The lowest BCUT2D eigenvalue weighted by atomic mass is 9.76. The van der Waals surface area contributed by atoms with Gasteiger partial charge in [-0.1, -0.05) is 13.8 Å². The summed E-state index contributed by atoms with van der Waals surface area (Å²) in [7, 11) is 1.72. The second-order valence-corrected chi connectivity index (χ2v) is 4.69. The van der Waals surface area contributed by atoms with Gasteiger partial charge in [0.1, 0.15) is 0 Å². The zero-order chi connectivity index (χ0) is 9.90. The first kappa shape index (κ1) is 10.4. The number of rotatable bonds is 1. The van der Waals surface area contributed by atoms with Crippen LogP contribution in [0.2, 0.25) is 0 Å². The highest BCUT2D eigenvalue weighted by molar-refractivity contribution is 5.77. The highest BCUT2D eigenvalue weighted by Crippen LogP contribution is 2.34. The van der Waals surface area contributed by atoms with E-state index in [1.807, 2.05) is 0 Å². The molecular weight excluding hydrogens is 162 g/mol. The zero-order valence-electron chi connectivity index (χ0n) is 8.93. The fourth-order valence-electron chi connectivity index (χ4n) is 1.82. The van der Waals surface area contributed by atoms with E-state index >= 15 is 0 Å². The molecule has 0 radical (unpaired) electrons. The van der Waals surface area contributed by atoms with E-state index in [9.17, 15) is 0 Å². The summed E-state index contributed by atoms with van der Waals surface area (Å²) in [6, 6.07) is 0.539. The summed E-state index contributed by atoms with van der Waals surface area (Å²) in [5.41, 5.74) is 6.13. The van der Waals surface area contributed by atoms with Gasteiger partial charge in [0.2, 0.25) is 0 Å². The molecule has 1 aliphatic carbocycles. The van der Waals surface area contributed by atoms with Crippen LogP contribution in [0.15, 0.2) is 4.99 Å². The lowest BCUT2D eigenvalue weighted by Crippen LogP contribution is -2.42. The second kappa shape index (κ2) is 3.99. The molecule has 0 atom stereocenters. The third-order valence-electron chi connectivity index (χ3n) is 2.93. The van der Waals surface area contributed by atoms with Crippen LogP contribution in [-0.4, -0.2) is 19.0 Å². The average Bonchev–Trinajstić information content (AvgIpc) is 2.08. The van der Waals surface area contributed by atoms with Gasteiger partial charge in [-0.15, -0.1) is 0 Å². The molecule has 0 unspecified atom stereocenters. The number of guanidine groups is 1. The minimum absolute atomic E-state index is 0.524. The molecule has 1 aliphatic rings. The van der Waals surface area contributed by atoms with E-state index < -0.39 is 0 Å². The van der Waals surface area contributed by atoms with Crippen molar-refractivity contribution in [3.63, 3.8) is 0 Å². The average molecular weight is 183 g/mol. The first-order chi connectivity index (χ1) is 6.03. The smallest absolute Gasteiger partial charge is 0.188 e. The molecule has 0 bridgehead atoms. The Hall–Kier alpha value is -0.730. The van der Waals surface area contributed by atoms with Gasteiger partial charge in [0.15, 0.2) is 5.96 Å². The Kier molecular flexibility index (Phi) is 3.17. The van der Waals surface area contributed by atoms with Crippen LogP contribution in [0.4, 0.5) is 0 Å². The topological polar surface area (TPSA) is 50.4 Å². The van der Waals surface area contributed by atoms with E-state index in [0.717, 1.165) is 0 Å². The Labute approximate surface area is 80.8 Å². The van der Waals surface area contributed by atoms with Crippen LogP contribution in [0.25, 0.3) is 0 Å². The fourth-order valence-corrected chi connectivity index (χ4v) is 1.82. The number of nitrogens with two attached hydrogens (primary N) is 1. The van der Waals surface area contributed by atoms with Gasteiger partial charge in [-0.05, 0) is 31.1 Å². The molecule has 13 heavy (non-hydrogen) atoms. The molecule has 0 aromatic heterocycles. The molecule has 0 aromatic rings. The molecule has 0 amide bonds. The van der Waals surface area contributed by atoms with Crippen molar-refractivity contribution < 1.29 is 0 Å². The Balaban J connectivity index is 2.33. The highest BCUT2D eigenvalue weighted by atomic mass is 15.1. The fraction of sp³-hybridized carbons (Fsp3) is 0.900. The molecule has 1 saturated carbocycles. The number of hydrogen-bond acceptors (Lipinski definition) is 1. The van der Waals surface area contributed by atoms with Crippen LogP contribution >= 0.6 is 0 Å². The van der Waals surface area contributed by atoms with Crippen molar-refractivity contribution in [3.8, 4) is 0 Å². The van der Waals surface area contributed by atoms with E-state index in [4.69, 9.17) is 5.73 Å². The first-order valence-electron chi connectivity index (χ1n) is 5.02. The lowest BCUT2D eigenvalue weighted by Gasteiger charge is -2.34. The zero-order valence-corrected chi connectivity index (χ0v) is 8.93. The minimum atomic E-state index is 0.524. The molecule has 0 spiro atoms. The SMILES string of the molecule is CN=C(N)NC1CCC(C)(C)CC1. The monoisotopic (exact) mass is 183 g/mol. The van der Waals surface area contributed by atoms with Crippen molar-refractivity contribution >= 4 is 5.96 Å². The van der Waals surface area contributed by atoms with Crippen molar-refractivity contribution in [2.75, 3.05) is 7.05 Å². The first-order valence-corrected chi connectivity index (χ1v) is 5.02. The maximum Gasteiger partial charge on any atom is 0.188 e. The summed E-state index contributed by atoms with van der Waals surface area (Å²) in [4.78, 5) is 3.90. The van der Waals surface area contributed by atoms with Gasteiger partial charge in [0.25, 0.3) is 0 Å². The molecule has 0 aromatic carbocycles. The molecule has 3 N–H and O–H groups in total. The molecule has 3 heteroatoms. The molecule has 0 saturated heterocycles. The number of nitrogens with zero attached hydrogens (tertiary/aromatic N) is 1. The summed E-state index contributed by atoms with van der Waals surface area (Å²) in [5, 5.41) is 3.23. The Bertz CT molecular complexity index is 186. The summed E-state index contributed by atoms with van der Waals surface area (Å²) < 4.78 is 0. The molecule has 0 aliphatic heterocycles. The highest BCUT2D eigenvalue weighted by Gasteiger charge is 2.26. The van der Waals surface area contributed by atoms with Crippen molar-refractivity contribution in [3.05, 3.63) is 0 Å². The van der Waals surface area contributed by atoms with Crippen molar-refractivity contribution in [1.82, 2.24) is 5.32 Å². The third kappa shape index (κ3) is 3.25. The maximum atomic E-state index is 5.61. The second-order valence-electron chi connectivity index (χ2n) is 4.69. The third-order valence-corrected chi connectivity index (χ3v) is 2.93. The van der Waals surface area contributed by atoms with Crippen LogP contribution in [0.1, 0.15) is 39.5 Å². The number of aliphatic imine (C=N–C) groups is 1.